The van der Waals surface area contributed by atoms with Crippen molar-refractivity contribution >= 4 is 23.7 Å². The van der Waals surface area contributed by atoms with Crippen LogP contribution >= 0.6 is 0 Å². The van der Waals surface area contributed by atoms with Gasteiger partial charge in [0, 0.05) is 11.9 Å². The summed E-state index contributed by atoms with van der Waals surface area (Å²) in [6.45, 7) is 7.10. The predicted molar refractivity (Wildman–Crippen MR) is 140 cm³/mol. The van der Waals surface area contributed by atoms with Crippen LogP contribution in [0.2, 0.25) is 0 Å². The number of alkyl halides is 3. The third kappa shape index (κ3) is 8.98. The lowest BCUT2D eigenvalue weighted by Crippen LogP contribution is -2.34. The third-order valence-electron chi connectivity index (χ3n) is 5.66. The molecule has 0 spiro atoms. The Morgan fingerprint density at radius 1 is 1.00 bits per heavy atom. The molecule has 0 aliphatic rings. The quantitative estimate of drug-likeness (QED) is 0.292. The number of carbonyl (C=O) groups excluding carboxylic acids is 1. The summed E-state index contributed by atoms with van der Waals surface area (Å²) in [6, 6.07) is 13.3. The van der Waals surface area contributed by atoms with Crippen LogP contribution in [0.1, 0.15) is 61.7 Å². The summed E-state index contributed by atoms with van der Waals surface area (Å²) in [5, 5.41) is 14.8. The van der Waals surface area contributed by atoms with Crippen LogP contribution in [0, 0.1) is 0 Å². The molecule has 11 heteroatoms. The highest BCUT2D eigenvalue weighted by Gasteiger charge is 2.35. The molecule has 39 heavy (non-hydrogen) atoms. The summed E-state index contributed by atoms with van der Waals surface area (Å²) in [7, 11) is 0. The van der Waals surface area contributed by atoms with E-state index in [0.29, 0.717) is 16.8 Å². The van der Waals surface area contributed by atoms with Crippen molar-refractivity contribution in [3.05, 3.63) is 82.7 Å². The molecule has 0 saturated heterocycles. The van der Waals surface area contributed by atoms with Gasteiger partial charge < -0.3 is 20.5 Å². The molecule has 1 aromatic heterocycles. The minimum absolute atomic E-state index is 0.00972. The Labute approximate surface area is 224 Å². The number of alkyl carbamates (subject to hydrolysis) is 1. The number of nitrogens with zero attached hydrogens (tertiary/aromatic N) is 2. The number of rotatable bonds is 9. The number of hydrogen-bond donors (Lipinski definition) is 3. The molecule has 1 atom stereocenters. The highest BCUT2D eigenvalue weighted by Crippen LogP contribution is 2.32. The summed E-state index contributed by atoms with van der Waals surface area (Å²) in [5.41, 5.74) is 0.756. The van der Waals surface area contributed by atoms with Crippen LogP contribution in [-0.2, 0) is 35.0 Å². The average molecular weight is 545 g/mol. The van der Waals surface area contributed by atoms with E-state index in [-0.39, 0.29) is 36.9 Å². The zero-order chi connectivity index (χ0) is 28.8. The van der Waals surface area contributed by atoms with Gasteiger partial charge in [-0.05, 0) is 69.4 Å². The van der Waals surface area contributed by atoms with Gasteiger partial charge in [0.2, 0.25) is 5.95 Å². The van der Waals surface area contributed by atoms with Gasteiger partial charge in [-0.2, -0.15) is 13.2 Å². The topological polar surface area (TPSA) is 113 Å². The largest absolute Gasteiger partial charge is 0.481 e. The van der Waals surface area contributed by atoms with Gasteiger partial charge in [-0.1, -0.05) is 36.4 Å². The Kier molecular flexibility index (Phi) is 9.15. The molecule has 0 aliphatic carbocycles. The number of aromatic nitrogens is 2. The number of hydrogen-bond acceptors (Lipinski definition) is 6. The van der Waals surface area contributed by atoms with Crippen molar-refractivity contribution in [2.45, 2.75) is 64.8 Å². The van der Waals surface area contributed by atoms with Crippen molar-refractivity contribution in [1.82, 2.24) is 15.3 Å². The molecular weight excluding hydrogens is 513 g/mol. The molecule has 8 nitrogen and oxygen atoms in total. The van der Waals surface area contributed by atoms with Gasteiger partial charge >= 0.3 is 18.2 Å². The number of aryl methyl sites for hydroxylation is 2. The van der Waals surface area contributed by atoms with Crippen LogP contribution in [0.3, 0.4) is 0 Å². The maximum atomic E-state index is 13.7. The molecule has 0 saturated carbocycles. The second kappa shape index (κ2) is 12.1. The number of ether oxygens (including phenoxy) is 1. The Balaban J connectivity index is 1.74. The summed E-state index contributed by atoms with van der Waals surface area (Å²) in [4.78, 5) is 31.2. The lowest BCUT2D eigenvalue weighted by Gasteiger charge is -2.22. The summed E-state index contributed by atoms with van der Waals surface area (Å²) in [6.07, 6.45) is -4.55. The molecule has 0 aliphatic heterocycles. The second-order valence-electron chi connectivity index (χ2n) is 10.0. The number of carboxylic acid groups (broad SMARTS) is 1. The monoisotopic (exact) mass is 544 g/mol. The Morgan fingerprint density at radius 2 is 1.64 bits per heavy atom. The van der Waals surface area contributed by atoms with E-state index in [1.165, 1.54) is 0 Å². The summed E-state index contributed by atoms with van der Waals surface area (Å²) >= 11 is 0. The van der Waals surface area contributed by atoms with Gasteiger partial charge in [0.25, 0.3) is 0 Å². The summed E-state index contributed by atoms with van der Waals surface area (Å²) in [5.74, 6) is -1.03. The molecular formula is C28H31F3N4O4. The molecule has 208 valence electrons. The highest BCUT2D eigenvalue weighted by atomic mass is 19.4. The van der Waals surface area contributed by atoms with Gasteiger partial charge in [0.1, 0.15) is 5.60 Å². The fourth-order valence-electron chi connectivity index (χ4n) is 3.85. The molecule has 3 rings (SSSR count). The fraction of sp³-hybridized carbons (Fsp3) is 0.357. The van der Waals surface area contributed by atoms with Crippen molar-refractivity contribution in [1.29, 1.82) is 0 Å². The lowest BCUT2D eigenvalue weighted by molar-refractivity contribution is -0.139. The Morgan fingerprint density at radius 3 is 2.23 bits per heavy atom. The first-order valence-corrected chi connectivity index (χ1v) is 12.3. The molecule has 1 amide bonds. The Bertz CT molecular complexity index is 1310. The first-order chi connectivity index (χ1) is 18.2. The smallest absolute Gasteiger partial charge is 0.419 e. The lowest BCUT2D eigenvalue weighted by atomic mass is 9.98. The minimum Gasteiger partial charge on any atom is -0.481 e. The van der Waals surface area contributed by atoms with Crippen LogP contribution in [0.4, 0.5) is 29.6 Å². The molecule has 3 aromatic rings. The van der Waals surface area contributed by atoms with Gasteiger partial charge in [0.05, 0.1) is 23.7 Å². The van der Waals surface area contributed by atoms with Gasteiger partial charge in [-0.25, -0.2) is 14.8 Å². The number of amides is 1. The zero-order valence-electron chi connectivity index (χ0n) is 22.1. The first-order valence-electron chi connectivity index (χ1n) is 12.3. The van der Waals surface area contributed by atoms with Crippen molar-refractivity contribution < 1.29 is 32.6 Å². The molecule has 1 heterocycles. The number of anilines is 2. The predicted octanol–water partition coefficient (Wildman–Crippen LogP) is 6.24. The zero-order valence-corrected chi connectivity index (χ0v) is 22.1. The van der Waals surface area contributed by atoms with E-state index in [9.17, 15) is 22.8 Å². The molecule has 1 unspecified atom stereocenters. The normalized spacial score (nSPS) is 12.5. The first kappa shape index (κ1) is 29.4. The SMILES string of the molecule is CC(NC(=O)OC(C)(C)C)c1ccc(Nc2ncc(C(F)(F)F)c(CCc3ccccc3CC(=O)O)n2)cc1. The van der Waals surface area contributed by atoms with E-state index < -0.39 is 29.4 Å². The number of halogens is 3. The van der Waals surface area contributed by atoms with Crippen molar-refractivity contribution in [2.24, 2.45) is 0 Å². The number of aliphatic carboxylic acids is 1. The van der Waals surface area contributed by atoms with Crippen molar-refractivity contribution in [3.63, 3.8) is 0 Å². The minimum atomic E-state index is -4.65. The van der Waals surface area contributed by atoms with Gasteiger partial charge in [-0.3, -0.25) is 4.79 Å². The van der Waals surface area contributed by atoms with E-state index in [1.807, 2.05) is 0 Å². The van der Waals surface area contributed by atoms with Crippen LogP contribution < -0.4 is 10.6 Å². The number of nitrogens with one attached hydrogen (secondary N) is 2. The number of benzene rings is 2. The summed E-state index contributed by atoms with van der Waals surface area (Å²) < 4.78 is 46.3. The highest BCUT2D eigenvalue weighted by molar-refractivity contribution is 5.70. The average Bonchev–Trinajstić information content (AvgIpc) is 2.81. The van der Waals surface area contributed by atoms with Crippen LogP contribution in [0.5, 0.6) is 0 Å². The number of carboxylic acids is 1. The van der Waals surface area contributed by atoms with Crippen LogP contribution in [0.25, 0.3) is 0 Å². The van der Waals surface area contributed by atoms with Crippen molar-refractivity contribution in [3.8, 4) is 0 Å². The number of carbonyl (C=O) groups is 2. The van der Waals surface area contributed by atoms with E-state index >= 15 is 0 Å². The van der Waals surface area contributed by atoms with Crippen LogP contribution in [-0.4, -0.2) is 32.7 Å². The van der Waals surface area contributed by atoms with Crippen molar-refractivity contribution in [2.75, 3.05) is 5.32 Å². The molecule has 0 fully saturated rings. The van der Waals surface area contributed by atoms with Gasteiger partial charge in [0.15, 0.2) is 0 Å². The molecule has 0 radical (unpaired) electrons. The Hall–Kier alpha value is -4.15. The maximum Gasteiger partial charge on any atom is 0.419 e. The standard InChI is InChI=1S/C28H31F3N4O4/c1-17(33-26(38)39-27(2,3)4)18-9-12-21(13-10-18)34-25-32-16-22(28(29,30)31)23(35-25)14-11-19-7-5-6-8-20(19)15-24(36)37/h5-10,12-13,16-17H,11,14-15H2,1-4H3,(H,33,38)(H,36,37)(H,32,34,35). The van der Waals surface area contributed by atoms with Gasteiger partial charge in [-0.15, -0.1) is 0 Å². The third-order valence-corrected chi connectivity index (χ3v) is 5.66. The maximum absolute atomic E-state index is 13.7. The molecule has 3 N–H and O–H groups in total. The van der Waals surface area contributed by atoms with E-state index in [1.54, 1.807) is 76.2 Å². The van der Waals surface area contributed by atoms with E-state index in [2.05, 4.69) is 20.6 Å². The van der Waals surface area contributed by atoms with Crippen LogP contribution in [0.15, 0.2) is 54.7 Å². The fourth-order valence-corrected chi connectivity index (χ4v) is 3.85. The van der Waals surface area contributed by atoms with E-state index in [4.69, 9.17) is 9.84 Å². The second-order valence-corrected chi connectivity index (χ2v) is 10.0. The molecule has 0 bridgehead atoms. The molecule has 2 aromatic carbocycles. The van der Waals surface area contributed by atoms with E-state index in [0.717, 1.165) is 11.8 Å².